The zero-order valence-electron chi connectivity index (χ0n) is 12.2. The summed E-state index contributed by atoms with van der Waals surface area (Å²) in [7, 11) is 0.343. The summed E-state index contributed by atoms with van der Waals surface area (Å²) in [6, 6.07) is 0. The Kier molecular flexibility index (Phi) is 4.19. The normalized spacial score (nSPS) is 18.2. The molecule has 1 fully saturated rings. The van der Waals surface area contributed by atoms with Crippen molar-refractivity contribution in [1.82, 2.24) is 19.8 Å². The zero-order valence-corrected chi connectivity index (χ0v) is 13.0. The molecule has 0 bridgehead atoms. The number of nitrogens with one attached hydrogen (secondary N) is 2. The fourth-order valence-corrected chi connectivity index (χ4v) is 3.88. The lowest BCUT2D eigenvalue weighted by molar-refractivity contribution is 0.0656. The van der Waals surface area contributed by atoms with E-state index in [2.05, 4.69) is 19.8 Å². The molecule has 4 N–H and O–H groups in total. The number of sulfonamides is 1. The van der Waals surface area contributed by atoms with Crippen molar-refractivity contribution in [2.75, 3.05) is 20.6 Å². The van der Waals surface area contributed by atoms with Crippen LogP contribution in [0.2, 0.25) is 0 Å². The average Bonchev–Trinajstić information content (AvgIpc) is 2.69. The second kappa shape index (κ2) is 5.44. The Labute approximate surface area is 120 Å². The topological polar surface area (TPSA) is 104 Å². The smallest absolute Gasteiger partial charge is 0.260 e. The minimum absolute atomic E-state index is 0.0192. The predicted octanol–water partition coefficient (Wildman–Crippen LogP) is -0.0606. The molecule has 1 aromatic rings. The summed E-state index contributed by atoms with van der Waals surface area (Å²) in [6.45, 7) is 2.32. The van der Waals surface area contributed by atoms with Gasteiger partial charge in [0.15, 0.2) is 5.03 Å². The second-order valence-corrected chi connectivity index (χ2v) is 7.32. The SMILES string of the molecule is Cc1[nH]nc(S(=O)(=O)NCC2(N(C)C)CCC2)c1CN. The van der Waals surface area contributed by atoms with Gasteiger partial charge in [0, 0.05) is 29.9 Å². The number of aromatic amines is 1. The van der Waals surface area contributed by atoms with Crippen molar-refractivity contribution in [3.05, 3.63) is 11.3 Å². The van der Waals surface area contributed by atoms with E-state index in [0.29, 0.717) is 17.8 Å². The first-order valence-electron chi connectivity index (χ1n) is 6.73. The Bertz CT molecular complexity index is 575. The van der Waals surface area contributed by atoms with Crippen LogP contribution >= 0.6 is 0 Å². The third-order valence-corrected chi connectivity index (χ3v) is 5.69. The Morgan fingerprint density at radius 2 is 2.10 bits per heavy atom. The summed E-state index contributed by atoms with van der Waals surface area (Å²) >= 11 is 0. The van der Waals surface area contributed by atoms with Crippen molar-refractivity contribution in [2.24, 2.45) is 5.73 Å². The number of hydrogen-bond donors (Lipinski definition) is 3. The highest BCUT2D eigenvalue weighted by atomic mass is 32.2. The maximum atomic E-state index is 12.4. The van der Waals surface area contributed by atoms with Crippen LogP contribution in [0.4, 0.5) is 0 Å². The van der Waals surface area contributed by atoms with Crippen molar-refractivity contribution in [3.8, 4) is 0 Å². The Morgan fingerprint density at radius 3 is 2.55 bits per heavy atom. The van der Waals surface area contributed by atoms with Gasteiger partial charge in [-0.2, -0.15) is 5.10 Å². The van der Waals surface area contributed by atoms with Crippen LogP contribution in [-0.2, 0) is 16.6 Å². The molecule has 1 saturated carbocycles. The minimum Gasteiger partial charge on any atom is -0.326 e. The molecule has 0 saturated heterocycles. The van der Waals surface area contributed by atoms with E-state index >= 15 is 0 Å². The molecule has 1 aliphatic rings. The second-order valence-electron chi connectivity index (χ2n) is 5.63. The van der Waals surface area contributed by atoms with Crippen LogP contribution < -0.4 is 10.5 Å². The Balaban J connectivity index is 2.15. The summed E-state index contributed by atoms with van der Waals surface area (Å²) in [6.07, 6.45) is 3.15. The highest BCUT2D eigenvalue weighted by Gasteiger charge is 2.40. The van der Waals surface area contributed by atoms with E-state index in [1.54, 1.807) is 6.92 Å². The Morgan fingerprint density at radius 1 is 1.45 bits per heavy atom. The molecule has 0 unspecified atom stereocenters. The van der Waals surface area contributed by atoms with Crippen LogP contribution in [0.5, 0.6) is 0 Å². The lowest BCUT2D eigenvalue weighted by Crippen LogP contribution is -2.57. The molecule has 2 rings (SSSR count). The van der Waals surface area contributed by atoms with E-state index in [9.17, 15) is 8.42 Å². The third kappa shape index (κ3) is 2.60. The van der Waals surface area contributed by atoms with E-state index in [1.165, 1.54) is 0 Å². The number of likely N-dealkylation sites (N-methyl/N-ethyl adjacent to an activating group) is 1. The molecule has 1 aliphatic carbocycles. The highest BCUT2D eigenvalue weighted by Crippen LogP contribution is 2.35. The van der Waals surface area contributed by atoms with E-state index in [1.807, 2.05) is 14.1 Å². The number of hydrogen-bond acceptors (Lipinski definition) is 5. The largest absolute Gasteiger partial charge is 0.326 e. The fourth-order valence-electron chi connectivity index (χ4n) is 2.56. The van der Waals surface area contributed by atoms with Gasteiger partial charge < -0.3 is 10.6 Å². The predicted molar refractivity (Wildman–Crippen MR) is 76.7 cm³/mol. The molecule has 0 aromatic carbocycles. The average molecular weight is 301 g/mol. The van der Waals surface area contributed by atoms with Crippen LogP contribution in [0.15, 0.2) is 5.03 Å². The maximum absolute atomic E-state index is 12.4. The van der Waals surface area contributed by atoms with Crippen LogP contribution in [0.3, 0.4) is 0 Å². The van der Waals surface area contributed by atoms with Crippen LogP contribution in [0, 0.1) is 6.92 Å². The lowest BCUT2D eigenvalue weighted by atomic mass is 9.76. The number of nitrogens with two attached hydrogens (primary N) is 1. The van der Waals surface area contributed by atoms with Gasteiger partial charge >= 0.3 is 0 Å². The summed E-state index contributed by atoms with van der Waals surface area (Å²) in [4.78, 5) is 2.10. The van der Waals surface area contributed by atoms with E-state index < -0.39 is 10.0 Å². The van der Waals surface area contributed by atoms with Crippen LogP contribution in [0.1, 0.15) is 30.5 Å². The third-order valence-electron chi connectivity index (χ3n) is 4.32. The number of aryl methyl sites for hydroxylation is 1. The number of aromatic nitrogens is 2. The van der Waals surface area contributed by atoms with Gasteiger partial charge in [-0.05, 0) is 40.3 Å². The highest BCUT2D eigenvalue weighted by molar-refractivity contribution is 7.89. The van der Waals surface area contributed by atoms with Gasteiger partial charge in [-0.1, -0.05) is 0 Å². The van der Waals surface area contributed by atoms with Gasteiger partial charge in [-0.3, -0.25) is 5.10 Å². The number of nitrogens with zero attached hydrogens (tertiary/aromatic N) is 2. The summed E-state index contributed by atoms with van der Waals surface area (Å²) < 4.78 is 27.4. The molecule has 0 radical (unpaired) electrons. The van der Waals surface area contributed by atoms with Crippen molar-refractivity contribution in [2.45, 2.75) is 43.3 Å². The van der Waals surface area contributed by atoms with Crippen molar-refractivity contribution < 1.29 is 8.42 Å². The molecule has 1 heterocycles. The first-order chi connectivity index (χ1) is 9.32. The molecule has 0 spiro atoms. The number of rotatable bonds is 6. The van der Waals surface area contributed by atoms with Crippen molar-refractivity contribution >= 4 is 10.0 Å². The lowest BCUT2D eigenvalue weighted by Gasteiger charge is -2.47. The van der Waals surface area contributed by atoms with Gasteiger partial charge in [-0.25, -0.2) is 13.1 Å². The minimum atomic E-state index is -3.62. The molecule has 8 heteroatoms. The molecule has 7 nitrogen and oxygen atoms in total. The quantitative estimate of drug-likeness (QED) is 0.683. The van der Waals surface area contributed by atoms with Gasteiger partial charge in [0.2, 0.25) is 0 Å². The van der Waals surface area contributed by atoms with Gasteiger partial charge in [0.1, 0.15) is 0 Å². The molecule has 0 amide bonds. The molecule has 1 aromatic heterocycles. The first-order valence-corrected chi connectivity index (χ1v) is 8.22. The fraction of sp³-hybridized carbons (Fsp3) is 0.750. The monoisotopic (exact) mass is 301 g/mol. The molecule has 0 aliphatic heterocycles. The molecule has 114 valence electrons. The first kappa shape index (κ1) is 15.4. The maximum Gasteiger partial charge on any atom is 0.260 e. The van der Waals surface area contributed by atoms with Gasteiger partial charge in [-0.15, -0.1) is 0 Å². The van der Waals surface area contributed by atoms with E-state index in [0.717, 1.165) is 19.3 Å². The van der Waals surface area contributed by atoms with Crippen LogP contribution in [0.25, 0.3) is 0 Å². The summed E-state index contributed by atoms with van der Waals surface area (Å²) in [5, 5.41) is 6.58. The molecule has 0 atom stereocenters. The Hall–Kier alpha value is -0.960. The van der Waals surface area contributed by atoms with Crippen LogP contribution in [-0.4, -0.2) is 49.7 Å². The molecular weight excluding hydrogens is 278 g/mol. The molecule has 20 heavy (non-hydrogen) atoms. The van der Waals surface area contributed by atoms with Crippen molar-refractivity contribution in [3.63, 3.8) is 0 Å². The van der Waals surface area contributed by atoms with Gasteiger partial charge in [0.25, 0.3) is 10.0 Å². The number of H-pyrrole nitrogens is 1. The standard InChI is InChI=1S/C12H23N5O2S/c1-9-10(7-13)11(16-15-9)20(18,19)14-8-12(17(2)3)5-4-6-12/h14H,4-8,13H2,1-3H3,(H,15,16). The van der Waals surface area contributed by atoms with E-state index in [-0.39, 0.29) is 17.1 Å². The summed E-state index contributed by atoms with van der Waals surface area (Å²) in [5.41, 5.74) is 6.77. The zero-order chi connectivity index (χ0) is 15.0. The molecular formula is C12H23N5O2S. The van der Waals surface area contributed by atoms with Crippen molar-refractivity contribution in [1.29, 1.82) is 0 Å². The summed E-state index contributed by atoms with van der Waals surface area (Å²) in [5.74, 6) is 0. The van der Waals surface area contributed by atoms with Gasteiger partial charge in [0.05, 0.1) is 0 Å². The van der Waals surface area contributed by atoms with E-state index in [4.69, 9.17) is 5.73 Å².